The van der Waals surface area contributed by atoms with E-state index >= 15 is 0 Å². The fraction of sp³-hybridized carbons (Fsp3) is 0. The Morgan fingerprint density at radius 2 is 2.17 bits per heavy atom. The molecule has 0 bridgehead atoms. The van der Waals surface area contributed by atoms with E-state index < -0.39 is 0 Å². The number of allylic oxidation sites excluding steroid dienone is 1. The van der Waals surface area contributed by atoms with Gasteiger partial charge in [-0.1, -0.05) is 17.6 Å². The zero-order valence-corrected chi connectivity index (χ0v) is 6.75. The number of carbonyl (C=O) groups is 1. The van der Waals surface area contributed by atoms with Crippen LogP contribution >= 0.6 is 0 Å². The second kappa shape index (κ2) is 3.86. The Kier molecular flexibility index (Phi) is 2.80. The Hall–Kier alpha value is -1.38. The van der Waals surface area contributed by atoms with Gasteiger partial charge in [-0.15, -0.1) is 0 Å². The maximum Gasteiger partial charge on any atom is 0.142 e. The Labute approximate surface area is 71.3 Å². The average molecular weight is 162 g/mol. The van der Waals surface area contributed by atoms with Crippen molar-refractivity contribution >= 4 is 25.7 Å². The first kappa shape index (κ1) is 8.72. The van der Waals surface area contributed by atoms with Crippen LogP contribution in [0.3, 0.4) is 0 Å². The van der Waals surface area contributed by atoms with Gasteiger partial charge in [0, 0.05) is 5.56 Å². The zero-order valence-electron chi connectivity index (χ0n) is 6.75. The molecule has 3 heteroatoms. The monoisotopic (exact) mass is 162 g/mol. The Morgan fingerprint density at radius 3 is 2.75 bits per heavy atom. The standard InChI is InChI=1S/C9H8BFO/c10-8-4-3-7(2-1-5-12)9(11)6-8/h1-6H,10H2/b2-1+. The number of halogens is 1. The summed E-state index contributed by atoms with van der Waals surface area (Å²) < 4.78 is 13.0. The molecule has 0 radical (unpaired) electrons. The molecule has 0 atom stereocenters. The van der Waals surface area contributed by atoms with Gasteiger partial charge in [-0.2, -0.15) is 0 Å². The fourth-order valence-electron chi connectivity index (χ4n) is 0.910. The minimum Gasteiger partial charge on any atom is -0.299 e. The summed E-state index contributed by atoms with van der Waals surface area (Å²) in [4.78, 5) is 9.95. The van der Waals surface area contributed by atoms with Crippen molar-refractivity contribution in [3.8, 4) is 0 Å². The number of hydrogen-bond acceptors (Lipinski definition) is 1. The van der Waals surface area contributed by atoms with E-state index in [0.29, 0.717) is 11.8 Å². The molecule has 0 amide bonds. The highest BCUT2D eigenvalue weighted by Crippen LogP contribution is 2.05. The quantitative estimate of drug-likeness (QED) is 0.347. The number of hydrogen-bond donors (Lipinski definition) is 0. The highest BCUT2D eigenvalue weighted by Gasteiger charge is 1.96. The summed E-state index contributed by atoms with van der Waals surface area (Å²) >= 11 is 0. The fourth-order valence-corrected chi connectivity index (χ4v) is 0.910. The van der Waals surface area contributed by atoms with Gasteiger partial charge in [-0.05, 0) is 18.2 Å². The molecule has 1 rings (SSSR count). The molecule has 0 saturated heterocycles. The Bertz CT molecular complexity index is 320. The predicted octanol–water partition coefficient (Wildman–Crippen LogP) is 0.296. The van der Waals surface area contributed by atoms with Crippen LogP contribution in [0.15, 0.2) is 24.3 Å². The van der Waals surface area contributed by atoms with Gasteiger partial charge in [-0.3, -0.25) is 4.79 Å². The molecule has 0 saturated carbocycles. The van der Waals surface area contributed by atoms with Gasteiger partial charge in [0.25, 0.3) is 0 Å². The Morgan fingerprint density at radius 1 is 1.42 bits per heavy atom. The first-order valence-corrected chi connectivity index (χ1v) is 3.62. The van der Waals surface area contributed by atoms with E-state index in [4.69, 9.17) is 0 Å². The average Bonchev–Trinajstić information content (AvgIpc) is 2.03. The highest BCUT2D eigenvalue weighted by molar-refractivity contribution is 6.32. The maximum absolute atomic E-state index is 13.0. The molecule has 1 nitrogen and oxygen atoms in total. The lowest BCUT2D eigenvalue weighted by Gasteiger charge is -1.96. The lowest BCUT2D eigenvalue weighted by atomic mass is 9.95. The Balaban J connectivity index is 3.01. The van der Waals surface area contributed by atoms with Crippen molar-refractivity contribution in [1.82, 2.24) is 0 Å². The molecule has 0 aromatic heterocycles. The molecule has 1 aromatic rings. The first-order valence-electron chi connectivity index (χ1n) is 3.62. The molecule has 0 spiro atoms. The van der Waals surface area contributed by atoms with Crippen LogP contribution in [0, 0.1) is 5.82 Å². The van der Waals surface area contributed by atoms with Gasteiger partial charge in [0.2, 0.25) is 0 Å². The van der Waals surface area contributed by atoms with Crippen molar-refractivity contribution in [2.24, 2.45) is 0 Å². The van der Waals surface area contributed by atoms with Crippen molar-refractivity contribution in [2.75, 3.05) is 0 Å². The van der Waals surface area contributed by atoms with Gasteiger partial charge in [0.05, 0.1) is 0 Å². The van der Waals surface area contributed by atoms with Gasteiger partial charge < -0.3 is 0 Å². The molecule has 1 aromatic carbocycles. The summed E-state index contributed by atoms with van der Waals surface area (Å²) in [7, 11) is 1.82. The predicted molar refractivity (Wildman–Crippen MR) is 49.7 cm³/mol. The van der Waals surface area contributed by atoms with Crippen LogP contribution in [0.1, 0.15) is 5.56 Å². The molecule has 12 heavy (non-hydrogen) atoms. The van der Waals surface area contributed by atoms with Gasteiger partial charge in [0.1, 0.15) is 19.9 Å². The van der Waals surface area contributed by atoms with Crippen LogP contribution in [-0.4, -0.2) is 14.1 Å². The van der Waals surface area contributed by atoms with Gasteiger partial charge in [0.15, 0.2) is 0 Å². The molecule has 0 aliphatic heterocycles. The molecule has 0 heterocycles. The lowest BCUT2D eigenvalue weighted by molar-refractivity contribution is -0.104. The second-order valence-corrected chi connectivity index (χ2v) is 2.52. The molecule has 60 valence electrons. The highest BCUT2D eigenvalue weighted by atomic mass is 19.1. The minimum absolute atomic E-state index is 0.298. The van der Waals surface area contributed by atoms with Gasteiger partial charge in [-0.25, -0.2) is 4.39 Å². The maximum atomic E-state index is 13.0. The van der Waals surface area contributed by atoms with Crippen LogP contribution in [0.4, 0.5) is 4.39 Å². The van der Waals surface area contributed by atoms with Crippen molar-refractivity contribution in [3.63, 3.8) is 0 Å². The van der Waals surface area contributed by atoms with Crippen LogP contribution in [-0.2, 0) is 4.79 Å². The van der Waals surface area contributed by atoms with E-state index in [1.54, 1.807) is 12.1 Å². The van der Waals surface area contributed by atoms with E-state index in [9.17, 15) is 9.18 Å². The third-order valence-corrected chi connectivity index (χ3v) is 1.51. The van der Waals surface area contributed by atoms with Crippen molar-refractivity contribution < 1.29 is 9.18 Å². The molecule has 0 aliphatic carbocycles. The summed E-state index contributed by atoms with van der Waals surface area (Å²) in [6, 6.07) is 4.88. The summed E-state index contributed by atoms with van der Waals surface area (Å²) in [5, 5.41) is 0. The molecule has 0 unspecified atom stereocenters. The summed E-state index contributed by atoms with van der Waals surface area (Å²) in [6.07, 6.45) is 3.34. The van der Waals surface area contributed by atoms with E-state index in [-0.39, 0.29) is 5.82 Å². The van der Waals surface area contributed by atoms with Crippen LogP contribution in [0.25, 0.3) is 6.08 Å². The summed E-state index contributed by atoms with van der Waals surface area (Å²) in [5.41, 5.74) is 1.31. The third-order valence-electron chi connectivity index (χ3n) is 1.51. The molecular weight excluding hydrogens is 154 g/mol. The number of carbonyl (C=O) groups excluding carboxylic acids is 1. The van der Waals surface area contributed by atoms with E-state index in [0.717, 1.165) is 5.46 Å². The first-order chi connectivity index (χ1) is 5.74. The van der Waals surface area contributed by atoms with E-state index in [1.807, 2.05) is 7.85 Å². The van der Waals surface area contributed by atoms with E-state index in [1.165, 1.54) is 18.2 Å². The molecular formula is C9H8BFO. The van der Waals surface area contributed by atoms with E-state index in [2.05, 4.69) is 0 Å². The van der Waals surface area contributed by atoms with Crippen LogP contribution in [0.2, 0.25) is 0 Å². The smallest absolute Gasteiger partial charge is 0.142 e. The molecule has 0 fully saturated rings. The third kappa shape index (κ3) is 2.05. The topological polar surface area (TPSA) is 17.1 Å². The van der Waals surface area contributed by atoms with Crippen molar-refractivity contribution in [2.45, 2.75) is 0 Å². The van der Waals surface area contributed by atoms with Crippen LogP contribution < -0.4 is 5.46 Å². The van der Waals surface area contributed by atoms with Gasteiger partial charge >= 0.3 is 0 Å². The van der Waals surface area contributed by atoms with Crippen molar-refractivity contribution in [1.29, 1.82) is 0 Å². The normalized spacial score (nSPS) is 10.4. The molecule has 0 N–H and O–H groups in total. The summed E-state index contributed by atoms with van der Waals surface area (Å²) in [6.45, 7) is 0. The second-order valence-electron chi connectivity index (χ2n) is 2.52. The number of aldehydes is 1. The minimum atomic E-state index is -0.298. The molecule has 0 aliphatic rings. The number of benzene rings is 1. The van der Waals surface area contributed by atoms with Crippen LogP contribution in [0.5, 0.6) is 0 Å². The largest absolute Gasteiger partial charge is 0.299 e. The lowest BCUT2D eigenvalue weighted by Crippen LogP contribution is -2.02. The van der Waals surface area contributed by atoms with Crippen molar-refractivity contribution in [3.05, 3.63) is 35.7 Å². The SMILES string of the molecule is Bc1ccc(/C=C/C=O)c(F)c1. The zero-order chi connectivity index (χ0) is 8.97. The summed E-state index contributed by atoms with van der Waals surface area (Å²) in [5.74, 6) is -0.298. The number of rotatable bonds is 2.